The maximum atomic E-state index is 5.20. The van der Waals surface area contributed by atoms with E-state index >= 15 is 0 Å². The van der Waals surface area contributed by atoms with Crippen molar-refractivity contribution in [3.63, 3.8) is 0 Å². The molecule has 1 aromatic heterocycles. The summed E-state index contributed by atoms with van der Waals surface area (Å²) in [6.45, 7) is 2.09. The maximum absolute atomic E-state index is 5.20. The summed E-state index contributed by atoms with van der Waals surface area (Å²) < 4.78 is 7.29. The first-order chi connectivity index (χ1) is 10.7. The van der Waals surface area contributed by atoms with Gasteiger partial charge in [-0.3, -0.25) is 5.43 Å². The molecule has 0 fully saturated rings. The zero-order valence-electron chi connectivity index (χ0n) is 12.1. The van der Waals surface area contributed by atoms with Crippen LogP contribution < -0.4 is 10.2 Å². The molecule has 1 heterocycles. The van der Waals surface area contributed by atoms with Crippen molar-refractivity contribution < 1.29 is 4.74 Å². The highest BCUT2D eigenvalue weighted by Crippen LogP contribution is 2.28. The van der Waals surface area contributed by atoms with Gasteiger partial charge in [0.25, 0.3) is 0 Å². The summed E-state index contributed by atoms with van der Waals surface area (Å²) in [6, 6.07) is 11.9. The average Bonchev–Trinajstić information content (AvgIpc) is 2.92. The molecule has 0 unspecified atom stereocenters. The summed E-state index contributed by atoms with van der Waals surface area (Å²) >= 11 is 5.06. The van der Waals surface area contributed by atoms with Crippen LogP contribution in [0.25, 0.3) is 10.2 Å². The third-order valence-electron chi connectivity index (χ3n) is 3.16. The lowest BCUT2D eigenvalue weighted by molar-refractivity contribution is 0.412. The van der Waals surface area contributed by atoms with Gasteiger partial charge in [0.15, 0.2) is 0 Å². The molecule has 22 heavy (non-hydrogen) atoms. The quantitative estimate of drug-likeness (QED) is 0.525. The SMILES string of the molecule is COc1ccc(/C=N/Nc2nc3cccc(C)c3s2)cc1Br. The van der Waals surface area contributed by atoms with Crippen LogP contribution in [0.4, 0.5) is 5.13 Å². The molecule has 4 nitrogen and oxygen atoms in total. The zero-order valence-corrected chi connectivity index (χ0v) is 14.5. The lowest BCUT2D eigenvalue weighted by atomic mass is 10.2. The van der Waals surface area contributed by atoms with Gasteiger partial charge in [0.2, 0.25) is 5.13 Å². The van der Waals surface area contributed by atoms with Crippen LogP contribution in [0.1, 0.15) is 11.1 Å². The number of nitrogens with zero attached hydrogens (tertiary/aromatic N) is 2. The first-order valence-corrected chi connectivity index (χ1v) is 8.27. The Balaban J connectivity index is 1.75. The van der Waals surface area contributed by atoms with E-state index in [1.54, 1.807) is 24.7 Å². The summed E-state index contributed by atoms with van der Waals surface area (Å²) in [5.74, 6) is 0.798. The summed E-state index contributed by atoms with van der Waals surface area (Å²) in [5.41, 5.74) is 6.18. The van der Waals surface area contributed by atoms with E-state index in [0.29, 0.717) is 0 Å². The van der Waals surface area contributed by atoms with Crippen molar-refractivity contribution in [3.8, 4) is 5.75 Å². The second kappa shape index (κ2) is 6.46. The van der Waals surface area contributed by atoms with E-state index in [0.717, 1.165) is 26.4 Å². The largest absolute Gasteiger partial charge is 0.496 e. The molecule has 0 saturated heterocycles. The molecular formula is C16H14BrN3OS. The Labute approximate surface area is 141 Å². The first-order valence-electron chi connectivity index (χ1n) is 6.66. The fraction of sp³-hybridized carbons (Fsp3) is 0.125. The Kier molecular flexibility index (Phi) is 4.40. The van der Waals surface area contributed by atoms with Crippen molar-refractivity contribution in [2.45, 2.75) is 6.92 Å². The van der Waals surface area contributed by atoms with Gasteiger partial charge in [-0.1, -0.05) is 23.5 Å². The van der Waals surface area contributed by atoms with Crippen LogP contribution in [0.2, 0.25) is 0 Å². The minimum Gasteiger partial charge on any atom is -0.496 e. The fourth-order valence-corrected chi connectivity index (χ4v) is 3.50. The van der Waals surface area contributed by atoms with Crippen molar-refractivity contribution in [2.24, 2.45) is 5.10 Å². The molecule has 0 aliphatic rings. The molecule has 3 aromatic rings. The third-order valence-corrected chi connectivity index (χ3v) is 4.89. The van der Waals surface area contributed by atoms with Crippen LogP contribution >= 0.6 is 27.3 Å². The Hall–Kier alpha value is -1.92. The molecule has 6 heteroatoms. The van der Waals surface area contributed by atoms with Gasteiger partial charge in [-0.2, -0.15) is 5.10 Å². The van der Waals surface area contributed by atoms with E-state index in [1.165, 1.54) is 10.3 Å². The number of benzene rings is 2. The predicted octanol–water partition coefficient (Wildman–Crippen LogP) is 4.82. The van der Waals surface area contributed by atoms with Crippen molar-refractivity contribution in [3.05, 3.63) is 52.0 Å². The fourth-order valence-electron chi connectivity index (χ4n) is 2.06. The van der Waals surface area contributed by atoms with Crippen molar-refractivity contribution in [1.29, 1.82) is 0 Å². The minimum absolute atomic E-state index is 0.785. The molecular weight excluding hydrogens is 362 g/mol. The summed E-state index contributed by atoms with van der Waals surface area (Å²) in [4.78, 5) is 4.51. The molecule has 0 amide bonds. The predicted molar refractivity (Wildman–Crippen MR) is 96.3 cm³/mol. The van der Waals surface area contributed by atoms with Gasteiger partial charge < -0.3 is 4.74 Å². The molecule has 1 N–H and O–H groups in total. The van der Waals surface area contributed by atoms with Gasteiger partial charge >= 0.3 is 0 Å². The smallest absolute Gasteiger partial charge is 0.204 e. The highest BCUT2D eigenvalue weighted by atomic mass is 79.9. The lowest BCUT2D eigenvalue weighted by Gasteiger charge is -2.02. The van der Waals surface area contributed by atoms with Crippen molar-refractivity contribution in [1.82, 2.24) is 4.98 Å². The van der Waals surface area contributed by atoms with Gasteiger partial charge in [0, 0.05) is 0 Å². The molecule has 0 saturated carbocycles. The maximum Gasteiger partial charge on any atom is 0.204 e. The van der Waals surface area contributed by atoms with Crippen LogP contribution in [0.5, 0.6) is 5.75 Å². The molecule has 0 atom stereocenters. The number of aryl methyl sites for hydroxylation is 1. The standard InChI is InChI=1S/C16H14BrN3OS/c1-10-4-3-5-13-15(10)22-16(19-13)20-18-9-11-6-7-14(21-2)12(17)8-11/h3-9H,1-2H3,(H,19,20)/b18-9+. The van der Waals surface area contributed by atoms with Gasteiger partial charge in [0.1, 0.15) is 5.75 Å². The average molecular weight is 376 g/mol. The summed E-state index contributed by atoms with van der Waals surface area (Å²) in [6.07, 6.45) is 1.75. The molecule has 3 rings (SSSR count). The number of halogens is 1. The number of ether oxygens (including phenoxy) is 1. The minimum atomic E-state index is 0.785. The Morgan fingerprint density at radius 2 is 2.18 bits per heavy atom. The van der Waals surface area contributed by atoms with Gasteiger partial charge in [-0.15, -0.1) is 0 Å². The van der Waals surface area contributed by atoms with Gasteiger partial charge in [0.05, 0.1) is 28.0 Å². The number of nitrogens with one attached hydrogen (secondary N) is 1. The van der Waals surface area contributed by atoms with E-state index < -0.39 is 0 Å². The summed E-state index contributed by atoms with van der Waals surface area (Å²) in [7, 11) is 1.64. The molecule has 2 aromatic carbocycles. The lowest BCUT2D eigenvalue weighted by Crippen LogP contribution is -1.91. The van der Waals surface area contributed by atoms with Crippen LogP contribution in [-0.2, 0) is 0 Å². The second-order valence-corrected chi connectivity index (χ2v) is 6.56. The van der Waals surface area contributed by atoms with Gasteiger partial charge in [-0.05, 0) is 58.2 Å². The van der Waals surface area contributed by atoms with Gasteiger partial charge in [-0.25, -0.2) is 4.98 Å². The number of hydrazone groups is 1. The van der Waals surface area contributed by atoms with E-state index in [2.05, 4.69) is 44.4 Å². The molecule has 112 valence electrons. The second-order valence-electron chi connectivity index (χ2n) is 4.71. The number of anilines is 1. The van der Waals surface area contributed by atoms with E-state index in [4.69, 9.17) is 4.74 Å². The monoisotopic (exact) mass is 375 g/mol. The van der Waals surface area contributed by atoms with E-state index in [-0.39, 0.29) is 0 Å². The van der Waals surface area contributed by atoms with Crippen LogP contribution in [0.3, 0.4) is 0 Å². The Bertz CT molecular complexity index is 845. The number of fused-ring (bicyclic) bond motifs is 1. The molecule has 0 aliphatic heterocycles. The number of hydrogen-bond acceptors (Lipinski definition) is 5. The first kappa shape index (κ1) is 15.0. The number of hydrogen-bond donors (Lipinski definition) is 1. The summed E-state index contributed by atoms with van der Waals surface area (Å²) in [5, 5.41) is 5.03. The van der Waals surface area contributed by atoms with Crippen LogP contribution in [-0.4, -0.2) is 18.3 Å². The number of methoxy groups -OCH3 is 1. The van der Waals surface area contributed by atoms with E-state index in [9.17, 15) is 0 Å². The topological polar surface area (TPSA) is 46.5 Å². The Morgan fingerprint density at radius 1 is 1.32 bits per heavy atom. The molecule has 0 radical (unpaired) electrons. The van der Waals surface area contributed by atoms with E-state index in [1.807, 2.05) is 30.3 Å². The third kappa shape index (κ3) is 3.13. The molecule has 0 spiro atoms. The zero-order chi connectivity index (χ0) is 15.5. The van der Waals surface area contributed by atoms with Crippen molar-refractivity contribution >= 4 is 48.8 Å². The van der Waals surface area contributed by atoms with Crippen molar-refractivity contribution in [2.75, 3.05) is 12.5 Å². The highest BCUT2D eigenvalue weighted by molar-refractivity contribution is 9.10. The number of rotatable bonds is 4. The normalized spacial score (nSPS) is 11.2. The Morgan fingerprint density at radius 3 is 2.91 bits per heavy atom. The number of aromatic nitrogens is 1. The van der Waals surface area contributed by atoms with Crippen LogP contribution in [0.15, 0.2) is 46.0 Å². The van der Waals surface area contributed by atoms with Crippen LogP contribution in [0, 0.1) is 6.92 Å². The molecule has 0 aliphatic carbocycles. The highest BCUT2D eigenvalue weighted by Gasteiger charge is 2.04. The molecule has 0 bridgehead atoms. The number of thiazole rings is 1.